The third kappa shape index (κ3) is 3.13. The van der Waals surface area contributed by atoms with Crippen LogP contribution >= 0.6 is 0 Å². The van der Waals surface area contributed by atoms with Gasteiger partial charge in [0, 0.05) is 0 Å². The van der Waals surface area contributed by atoms with Crippen molar-refractivity contribution in [2.45, 2.75) is 13.8 Å². The smallest absolute Gasteiger partial charge is 0.339 e. The first-order valence-electron chi connectivity index (χ1n) is 4.62. The number of hydrogen-bond acceptors (Lipinski definition) is 2. The maximum absolute atomic E-state index is 10.9. The van der Waals surface area contributed by atoms with Gasteiger partial charge in [-0.3, -0.25) is 0 Å². The second-order valence-electron chi connectivity index (χ2n) is 3.55. The molecular formula is C12H14O3. The predicted molar refractivity (Wildman–Crippen MR) is 58.4 cm³/mol. The van der Waals surface area contributed by atoms with Crippen molar-refractivity contribution in [3.8, 4) is 5.75 Å². The second-order valence-corrected chi connectivity index (χ2v) is 3.55. The highest BCUT2D eigenvalue weighted by atomic mass is 16.5. The molecule has 0 heterocycles. The molecule has 0 amide bonds. The first-order valence-corrected chi connectivity index (χ1v) is 4.62. The van der Waals surface area contributed by atoms with Crippen LogP contribution in [0.3, 0.4) is 0 Å². The normalized spacial score (nSPS) is 9.73. The first kappa shape index (κ1) is 11.3. The zero-order valence-corrected chi connectivity index (χ0v) is 8.91. The van der Waals surface area contributed by atoms with Crippen LogP contribution in [0, 0.1) is 6.92 Å². The van der Waals surface area contributed by atoms with Gasteiger partial charge in [0.2, 0.25) is 0 Å². The SMILES string of the molecule is C=C(C)COc1ccc(C)cc1C(=O)O. The Balaban J connectivity index is 2.95. The minimum atomic E-state index is -0.976. The lowest BCUT2D eigenvalue weighted by Crippen LogP contribution is -2.05. The van der Waals surface area contributed by atoms with Gasteiger partial charge in [0.15, 0.2) is 0 Å². The molecule has 1 aromatic rings. The molecule has 3 heteroatoms. The van der Waals surface area contributed by atoms with Crippen LogP contribution in [0.15, 0.2) is 30.4 Å². The largest absolute Gasteiger partial charge is 0.488 e. The number of aryl methyl sites for hydroxylation is 1. The number of ether oxygens (including phenoxy) is 1. The molecule has 0 atom stereocenters. The van der Waals surface area contributed by atoms with Gasteiger partial charge in [0.25, 0.3) is 0 Å². The maximum atomic E-state index is 10.9. The van der Waals surface area contributed by atoms with Crippen LogP contribution in [0.1, 0.15) is 22.8 Å². The molecule has 0 fully saturated rings. The Morgan fingerprint density at radius 2 is 2.20 bits per heavy atom. The summed E-state index contributed by atoms with van der Waals surface area (Å²) in [5.74, 6) is -0.591. The van der Waals surface area contributed by atoms with E-state index in [2.05, 4.69) is 6.58 Å². The Labute approximate surface area is 89.0 Å². The minimum Gasteiger partial charge on any atom is -0.488 e. The Morgan fingerprint density at radius 1 is 1.53 bits per heavy atom. The van der Waals surface area contributed by atoms with Crippen LogP contribution in [0.5, 0.6) is 5.75 Å². The monoisotopic (exact) mass is 206 g/mol. The molecule has 0 spiro atoms. The molecule has 1 aromatic carbocycles. The Morgan fingerprint density at radius 3 is 2.73 bits per heavy atom. The van der Waals surface area contributed by atoms with Crippen LogP contribution in [0.4, 0.5) is 0 Å². The first-order chi connectivity index (χ1) is 7.00. The highest BCUT2D eigenvalue weighted by Crippen LogP contribution is 2.20. The van der Waals surface area contributed by atoms with E-state index in [4.69, 9.17) is 9.84 Å². The van der Waals surface area contributed by atoms with Crippen molar-refractivity contribution >= 4 is 5.97 Å². The van der Waals surface area contributed by atoms with Gasteiger partial charge >= 0.3 is 5.97 Å². The van der Waals surface area contributed by atoms with Crippen LogP contribution in [0.25, 0.3) is 0 Å². The molecule has 80 valence electrons. The second kappa shape index (κ2) is 4.64. The number of benzene rings is 1. The predicted octanol–water partition coefficient (Wildman–Crippen LogP) is 2.65. The van der Waals surface area contributed by atoms with Crippen molar-refractivity contribution in [3.05, 3.63) is 41.5 Å². The number of rotatable bonds is 4. The Bertz CT molecular complexity index is 394. The summed E-state index contributed by atoms with van der Waals surface area (Å²) in [6, 6.07) is 5.08. The summed E-state index contributed by atoms with van der Waals surface area (Å²) >= 11 is 0. The molecular weight excluding hydrogens is 192 g/mol. The van der Waals surface area contributed by atoms with Gasteiger partial charge < -0.3 is 9.84 Å². The van der Waals surface area contributed by atoms with Crippen molar-refractivity contribution in [2.75, 3.05) is 6.61 Å². The molecule has 15 heavy (non-hydrogen) atoms. The lowest BCUT2D eigenvalue weighted by Gasteiger charge is -2.09. The van der Waals surface area contributed by atoms with E-state index < -0.39 is 5.97 Å². The molecule has 0 aliphatic heterocycles. The maximum Gasteiger partial charge on any atom is 0.339 e. The van der Waals surface area contributed by atoms with Crippen LogP contribution < -0.4 is 4.74 Å². The molecule has 0 saturated carbocycles. The van der Waals surface area contributed by atoms with E-state index >= 15 is 0 Å². The number of carboxylic acid groups (broad SMARTS) is 1. The average Bonchev–Trinajstić information content (AvgIpc) is 2.15. The zero-order chi connectivity index (χ0) is 11.4. The molecule has 3 nitrogen and oxygen atoms in total. The highest BCUT2D eigenvalue weighted by molar-refractivity contribution is 5.91. The van der Waals surface area contributed by atoms with Gasteiger partial charge in [0.05, 0.1) is 0 Å². The molecule has 1 rings (SSSR count). The summed E-state index contributed by atoms with van der Waals surface area (Å²) in [5.41, 5.74) is 1.94. The van der Waals surface area contributed by atoms with Gasteiger partial charge in [-0.15, -0.1) is 0 Å². The lowest BCUT2D eigenvalue weighted by molar-refractivity contribution is 0.0692. The molecule has 0 unspecified atom stereocenters. The molecule has 0 aliphatic rings. The molecule has 0 bridgehead atoms. The van der Waals surface area contributed by atoms with Gasteiger partial charge in [0.1, 0.15) is 17.9 Å². The van der Waals surface area contributed by atoms with Crippen molar-refractivity contribution in [1.29, 1.82) is 0 Å². The fraction of sp³-hybridized carbons (Fsp3) is 0.250. The third-order valence-electron chi connectivity index (χ3n) is 1.84. The fourth-order valence-corrected chi connectivity index (χ4v) is 1.14. The fourth-order valence-electron chi connectivity index (χ4n) is 1.14. The number of carbonyl (C=O) groups is 1. The summed E-state index contributed by atoms with van der Waals surface area (Å²) in [5, 5.41) is 8.95. The quantitative estimate of drug-likeness (QED) is 0.770. The van der Waals surface area contributed by atoms with Crippen LogP contribution in [-0.4, -0.2) is 17.7 Å². The standard InChI is InChI=1S/C12H14O3/c1-8(2)7-15-11-5-4-9(3)6-10(11)12(13)14/h4-6H,1,7H2,2-3H3,(H,13,14). The molecule has 1 N–H and O–H groups in total. The van der Waals surface area contributed by atoms with Crippen LogP contribution in [0.2, 0.25) is 0 Å². The van der Waals surface area contributed by atoms with E-state index in [1.165, 1.54) is 0 Å². The van der Waals surface area contributed by atoms with E-state index in [-0.39, 0.29) is 5.56 Å². The van der Waals surface area contributed by atoms with Crippen molar-refractivity contribution < 1.29 is 14.6 Å². The lowest BCUT2D eigenvalue weighted by atomic mass is 10.1. The average molecular weight is 206 g/mol. The van der Waals surface area contributed by atoms with Gasteiger partial charge in [-0.25, -0.2) is 4.79 Å². The van der Waals surface area contributed by atoms with Crippen molar-refractivity contribution in [2.24, 2.45) is 0 Å². The van der Waals surface area contributed by atoms with E-state index in [1.807, 2.05) is 19.9 Å². The summed E-state index contributed by atoms with van der Waals surface area (Å²) in [4.78, 5) is 10.9. The van der Waals surface area contributed by atoms with Crippen molar-refractivity contribution in [3.63, 3.8) is 0 Å². The Kier molecular flexibility index (Phi) is 3.50. The summed E-state index contributed by atoms with van der Waals surface area (Å²) in [6.07, 6.45) is 0. The molecule has 0 aromatic heterocycles. The minimum absolute atomic E-state index is 0.191. The summed E-state index contributed by atoms with van der Waals surface area (Å²) in [6.45, 7) is 7.70. The van der Waals surface area contributed by atoms with Crippen molar-refractivity contribution in [1.82, 2.24) is 0 Å². The van der Waals surface area contributed by atoms with E-state index in [0.717, 1.165) is 11.1 Å². The molecule has 0 aliphatic carbocycles. The number of carboxylic acids is 1. The van der Waals surface area contributed by atoms with E-state index in [0.29, 0.717) is 12.4 Å². The third-order valence-corrected chi connectivity index (χ3v) is 1.84. The van der Waals surface area contributed by atoms with Gasteiger partial charge in [-0.2, -0.15) is 0 Å². The molecule has 0 saturated heterocycles. The van der Waals surface area contributed by atoms with E-state index in [1.54, 1.807) is 12.1 Å². The number of aromatic carboxylic acids is 1. The topological polar surface area (TPSA) is 46.5 Å². The zero-order valence-electron chi connectivity index (χ0n) is 8.91. The summed E-state index contributed by atoms with van der Waals surface area (Å²) in [7, 11) is 0. The van der Waals surface area contributed by atoms with Gasteiger partial charge in [-0.05, 0) is 31.6 Å². The highest BCUT2D eigenvalue weighted by Gasteiger charge is 2.10. The Hall–Kier alpha value is -1.77. The number of hydrogen-bond donors (Lipinski definition) is 1. The van der Waals surface area contributed by atoms with E-state index in [9.17, 15) is 4.79 Å². The van der Waals surface area contributed by atoms with Crippen LogP contribution in [-0.2, 0) is 0 Å². The molecule has 0 radical (unpaired) electrons. The van der Waals surface area contributed by atoms with Gasteiger partial charge in [-0.1, -0.05) is 18.2 Å². The summed E-state index contributed by atoms with van der Waals surface area (Å²) < 4.78 is 5.33.